The number of pyridine rings is 1. The van der Waals surface area contributed by atoms with Crippen molar-refractivity contribution in [3.8, 4) is 0 Å². The molecule has 1 aromatic rings. The number of halogens is 2. The third-order valence-electron chi connectivity index (χ3n) is 3.55. The first-order valence-corrected chi connectivity index (χ1v) is 6.62. The highest BCUT2D eigenvalue weighted by atomic mass is 35.5. The highest BCUT2D eigenvalue weighted by Crippen LogP contribution is 2.14. The van der Waals surface area contributed by atoms with Gasteiger partial charge in [-0.05, 0) is 50.0 Å². The topological polar surface area (TPSA) is 45.2 Å². The third kappa shape index (κ3) is 5.65. The second kappa shape index (κ2) is 9.97. The molecule has 0 atom stereocenters. The van der Waals surface area contributed by atoms with Crippen LogP contribution < -0.4 is 5.32 Å². The van der Waals surface area contributed by atoms with Crippen LogP contribution in [0.15, 0.2) is 24.5 Å². The average molecular weight is 320 g/mol. The maximum Gasteiger partial charge on any atom is 0.225 e. The lowest BCUT2D eigenvalue weighted by Gasteiger charge is -2.27. The molecule has 1 fully saturated rings. The Morgan fingerprint density at radius 2 is 1.90 bits per heavy atom. The summed E-state index contributed by atoms with van der Waals surface area (Å²) in [5.41, 5.74) is 1.23. The fourth-order valence-corrected chi connectivity index (χ4v) is 2.34. The van der Waals surface area contributed by atoms with Crippen molar-refractivity contribution in [2.75, 3.05) is 26.7 Å². The van der Waals surface area contributed by atoms with Crippen molar-refractivity contribution in [1.29, 1.82) is 0 Å². The largest absolute Gasteiger partial charge is 0.345 e. The van der Waals surface area contributed by atoms with Crippen LogP contribution in [0.25, 0.3) is 0 Å². The van der Waals surface area contributed by atoms with Gasteiger partial charge in [0.15, 0.2) is 0 Å². The Hall–Kier alpha value is -0.840. The number of nitrogens with one attached hydrogen (secondary N) is 1. The zero-order valence-corrected chi connectivity index (χ0v) is 13.4. The van der Waals surface area contributed by atoms with Crippen molar-refractivity contribution >= 4 is 30.7 Å². The molecule has 2 heterocycles. The zero-order chi connectivity index (χ0) is 12.8. The van der Waals surface area contributed by atoms with Gasteiger partial charge in [0.25, 0.3) is 0 Å². The quantitative estimate of drug-likeness (QED) is 0.922. The molecular weight excluding hydrogens is 297 g/mol. The van der Waals surface area contributed by atoms with Gasteiger partial charge in [0, 0.05) is 31.9 Å². The number of piperidine rings is 1. The Balaban J connectivity index is 0.00000180. The molecule has 20 heavy (non-hydrogen) atoms. The molecule has 1 N–H and O–H groups in total. The van der Waals surface area contributed by atoms with Crippen molar-refractivity contribution in [2.24, 2.45) is 5.92 Å². The van der Waals surface area contributed by atoms with Crippen LogP contribution >= 0.6 is 24.8 Å². The van der Waals surface area contributed by atoms with Crippen molar-refractivity contribution in [3.05, 3.63) is 30.1 Å². The van der Waals surface area contributed by atoms with Gasteiger partial charge in [-0.25, -0.2) is 0 Å². The molecule has 0 aromatic carbocycles. The van der Waals surface area contributed by atoms with E-state index in [1.165, 1.54) is 5.56 Å². The molecular formula is C14H23Cl2N3O. The van der Waals surface area contributed by atoms with Crippen LogP contribution in [0, 0.1) is 5.92 Å². The molecule has 1 amide bonds. The summed E-state index contributed by atoms with van der Waals surface area (Å²) in [4.78, 5) is 18.1. The molecule has 6 heteroatoms. The highest BCUT2D eigenvalue weighted by Gasteiger charge is 2.23. The lowest BCUT2D eigenvalue weighted by molar-refractivity contribution is -0.134. The Kier molecular flexibility index (Phi) is 9.55. The van der Waals surface area contributed by atoms with E-state index in [9.17, 15) is 4.79 Å². The number of nitrogens with zero attached hydrogens (tertiary/aromatic N) is 2. The van der Waals surface area contributed by atoms with Crippen molar-refractivity contribution in [3.63, 3.8) is 0 Å². The van der Waals surface area contributed by atoms with Crippen molar-refractivity contribution in [2.45, 2.75) is 19.3 Å². The standard InChI is InChI=1S/C14H21N3O.2ClH/c1-17(11-6-12-2-7-15-8-3-12)14(18)13-4-9-16-10-5-13;;/h2-3,7-8,13,16H,4-6,9-11H2,1H3;2*1H. The minimum Gasteiger partial charge on any atom is -0.345 e. The van der Waals surface area contributed by atoms with E-state index in [1.807, 2.05) is 24.1 Å². The summed E-state index contributed by atoms with van der Waals surface area (Å²) in [5.74, 6) is 0.513. The fourth-order valence-electron chi connectivity index (χ4n) is 2.34. The molecule has 0 radical (unpaired) electrons. The lowest BCUT2D eigenvalue weighted by atomic mass is 9.96. The van der Waals surface area contributed by atoms with Crippen LogP contribution in [-0.2, 0) is 11.2 Å². The van der Waals surface area contributed by atoms with E-state index in [1.54, 1.807) is 12.4 Å². The number of hydrogen-bond donors (Lipinski definition) is 1. The van der Waals surface area contributed by atoms with E-state index < -0.39 is 0 Å². The molecule has 0 unspecified atom stereocenters. The lowest BCUT2D eigenvalue weighted by Crippen LogP contribution is -2.39. The Bertz CT molecular complexity index is 383. The number of carbonyl (C=O) groups is 1. The van der Waals surface area contributed by atoms with Gasteiger partial charge in [0.1, 0.15) is 0 Å². The second-order valence-corrected chi connectivity index (χ2v) is 4.89. The summed E-state index contributed by atoms with van der Waals surface area (Å²) in [6, 6.07) is 4.01. The SMILES string of the molecule is CN(CCc1ccncc1)C(=O)C1CCNCC1.Cl.Cl. The van der Waals surface area contributed by atoms with Gasteiger partial charge in [-0.1, -0.05) is 0 Å². The smallest absolute Gasteiger partial charge is 0.225 e. The molecule has 1 aromatic heterocycles. The van der Waals surface area contributed by atoms with Crippen LogP contribution in [0.5, 0.6) is 0 Å². The van der Waals surface area contributed by atoms with E-state index in [0.717, 1.165) is 38.9 Å². The van der Waals surface area contributed by atoms with Crippen LogP contribution in [0.3, 0.4) is 0 Å². The maximum absolute atomic E-state index is 12.2. The van der Waals surface area contributed by atoms with E-state index in [4.69, 9.17) is 0 Å². The van der Waals surface area contributed by atoms with Gasteiger partial charge < -0.3 is 10.2 Å². The normalized spacial score (nSPS) is 14.8. The summed E-state index contributed by atoms with van der Waals surface area (Å²) >= 11 is 0. The predicted octanol–water partition coefficient (Wildman–Crippen LogP) is 1.93. The van der Waals surface area contributed by atoms with Gasteiger partial charge in [-0.15, -0.1) is 24.8 Å². The highest BCUT2D eigenvalue weighted by molar-refractivity contribution is 5.85. The van der Waals surface area contributed by atoms with Crippen LogP contribution in [0.2, 0.25) is 0 Å². The first-order valence-electron chi connectivity index (χ1n) is 6.62. The van der Waals surface area contributed by atoms with E-state index in [0.29, 0.717) is 5.91 Å². The van der Waals surface area contributed by atoms with Gasteiger partial charge in [-0.2, -0.15) is 0 Å². The molecule has 1 aliphatic rings. The van der Waals surface area contributed by atoms with Gasteiger partial charge in [0.05, 0.1) is 0 Å². The fraction of sp³-hybridized carbons (Fsp3) is 0.571. The second-order valence-electron chi connectivity index (χ2n) is 4.89. The summed E-state index contributed by atoms with van der Waals surface area (Å²) in [6.07, 6.45) is 6.43. The zero-order valence-electron chi connectivity index (χ0n) is 11.7. The number of carbonyl (C=O) groups excluding carboxylic acids is 1. The number of hydrogen-bond acceptors (Lipinski definition) is 3. The van der Waals surface area contributed by atoms with Gasteiger partial charge >= 0.3 is 0 Å². The van der Waals surface area contributed by atoms with Gasteiger partial charge in [0.2, 0.25) is 5.91 Å². The Morgan fingerprint density at radius 1 is 1.30 bits per heavy atom. The van der Waals surface area contributed by atoms with Crippen molar-refractivity contribution in [1.82, 2.24) is 15.2 Å². The van der Waals surface area contributed by atoms with Gasteiger partial charge in [-0.3, -0.25) is 9.78 Å². The molecule has 0 bridgehead atoms. The van der Waals surface area contributed by atoms with Crippen LogP contribution in [0.4, 0.5) is 0 Å². The molecule has 0 spiro atoms. The molecule has 0 aliphatic carbocycles. The Morgan fingerprint density at radius 3 is 2.50 bits per heavy atom. The monoisotopic (exact) mass is 319 g/mol. The molecule has 114 valence electrons. The Labute approximate surface area is 133 Å². The maximum atomic E-state index is 12.2. The van der Waals surface area contributed by atoms with E-state index in [-0.39, 0.29) is 30.7 Å². The molecule has 0 saturated carbocycles. The minimum absolute atomic E-state index is 0. The number of amides is 1. The van der Waals surface area contributed by atoms with E-state index >= 15 is 0 Å². The summed E-state index contributed by atoms with van der Waals surface area (Å²) in [5, 5.41) is 3.29. The first-order chi connectivity index (χ1) is 8.77. The summed E-state index contributed by atoms with van der Waals surface area (Å²) in [7, 11) is 1.91. The van der Waals surface area contributed by atoms with E-state index in [2.05, 4.69) is 10.3 Å². The number of rotatable bonds is 4. The average Bonchev–Trinajstić information content (AvgIpc) is 2.46. The van der Waals surface area contributed by atoms with Crippen LogP contribution in [0.1, 0.15) is 18.4 Å². The molecule has 4 nitrogen and oxygen atoms in total. The van der Waals surface area contributed by atoms with Crippen LogP contribution in [-0.4, -0.2) is 42.5 Å². The third-order valence-corrected chi connectivity index (χ3v) is 3.55. The number of likely N-dealkylation sites (N-methyl/N-ethyl adjacent to an activating group) is 1. The minimum atomic E-state index is 0. The van der Waals surface area contributed by atoms with Crippen molar-refractivity contribution < 1.29 is 4.79 Å². The first kappa shape index (κ1) is 19.2. The summed E-state index contributed by atoms with van der Waals surface area (Å²) in [6.45, 7) is 2.72. The number of aromatic nitrogens is 1. The molecule has 1 aliphatic heterocycles. The molecule has 1 saturated heterocycles. The summed E-state index contributed by atoms with van der Waals surface area (Å²) < 4.78 is 0. The molecule has 2 rings (SSSR count). The predicted molar refractivity (Wildman–Crippen MR) is 85.7 cm³/mol.